The molecule has 0 amide bonds. The molecule has 116 valence electrons. The first-order valence-electron chi connectivity index (χ1n) is 8.99. The molecule has 1 heteroatoms. The van der Waals surface area contributed by atoms with E-state index >= 15 is 0 Å². The van der Waals surface area contributed by atoms with Crippen LogP contribution in [0.1, 0.15) is 68.5 Å². The Labute approximate surface area is 134 Å². The van der Waals surface area contributed by atoms with E-state index in [0.29, 0.717) is 6.04 Å². The molecule has 1 aromatic rings. The van der Waals surface area contributed by atoms with Gasteiger partial charge in [-0.15, -0.1) is 0 Å². The predicted octanol–water partition coefficient (Wildman–Crippen LogP) is 5.27. The van der Waals surface area contributed by atoms with E-state index in [9.17, 15) is 0 Å². The van der Waals surface area contributed by atoms with Crippen LogP contribution in [0.2, 0.25) is 0 Å². The monoisotopic (exact) mass is 293 g/mol. The number of hydrogen-bond acceptors (Lipinski definition) is 1. The Kier molecular flexibility index (Phi) is 3.92. The van der Waals surface area contributed by atoms with Crippen LogP contribution in [0.25, 0.3) is 0 Å². The van der Waals surface area contributed by atoms with Gasteiger partial charge < -0.3 is 5.32 Å². The Balaban J connectivity index is 1.45. The lowest BCUT2D eigenvalue weighted by molar-refractivity contribution is 0.462. The minimum Gasteiger partial charge on any atom is -0.307 e. The maximum absolute atomic E-state index is 3.39. The van der Waals surface area contributed by atoms with Crippen molar-refractivity contribution in [2.24, 2.45) is 5.92 Å². The highest BCUT2D eigenvalue weighted by atomic mass is 15.1. The van der Waals surface area contributed by atoms with Crippen LogP contribution in [0.5, 0.6) is 0 Å². The Morgan fingerprint density at radius 2 is 1.64 bits per heavy atom. The minimum atomic E-state index is 0.636. The van der Waals surface area contributed by atoms with E-state index in [4.69, 9.17) is 0 Å². The summed E-state index contributed by atoms with van der Waals surface area (Å²) >= 11 is 0. The number of benzene rings is 1. The molecule has 0 radical (unpaired) electrons. The fraction of sp³-hybridized carbons (Fsp3) is 0.524. The van der Waals surface area contributed by atoms with E-state index in [0.717, 1.165) is 18.4 Å². The molecule has 2 aliphatic carbocycles. The average Bonchev–Trinajstić information content (AvgIpc) is 3.40. The summed E-state index contributed by atoms with van der Waals surface area (Å²) < 4.78 is 0. The molecule has 1 nitrogen and oxygen atoms in total. The summed E-state index contributed by atoms with van der Waals surface area (Å²) in [5.41, 5.74) is 6.62. The molecule has 0 spiro atoms. The SMILES string of the molecule is C/C=C/C1CCC2=C(CCC(c3ccc([C@@H]4CN4)cc3)C2)C1. The molecule has 1 saturated heterocycles. The Bertz CT molecular complexity index is 589. The normalized spacial score (nSPS) is 31.4. The molecule has 0 saturated carbocycles. The van der Waals surface area contributed by atoms with Crippen molar-refractivity contribution in [3.63, 3.8) is 0 Å². The number of nitrogens with one attached hydrogen (secondary N) is 1. The van der Waals surface area contributed by atoms with Crippen molar-refractivity contribution >= 4 is 0 Å². The second kappa shape index (κ2) is 6.04. The highest BCUT2D eigenvalue weighted by Gasteiger charge is 2.27. The van der Waals surface area contributed by atoms with Gasteiger partial charge >= 0.3 is 0 Å². The van der Waals surface area contributed by atoms with Gasteiger partial charge in [0, 0.05) is 12.6 Å². The van der Waals surface area contributed by atoms with E-state index in [-0.39, 0.29) is 0 Å². The summed E-state index contributed by atoms with van der Waals surface area (Å²) in [5.74, 6) is 1.57. The molecule has 3 atom stereocenters. The van der Waals surface area contributed by atoms with Gasteiger partial charge in [0.15, 0.2) is 0 Å². The highest BCUT2D eigenvalue weighted by Crippen LogP contribution is 2.44. The van der Waals surface area contributed by atoms with Crippen molar-refractivity contribution in [3.8, 4) is 0 Å². The minimum absolute atomic E-state index is 0.636. The maximum atomic E-state index is 3.39. The molecule has 2 unspecified atom stereocenters. The third-order valence-electron chi connectivity index (χ3n) is 5.80. The lowest BCUT2D eigenvalue weighted by Crippen LogP contribution is -2.16. The summed E-state index contributed by atoms with van der Waals surface area (Å²) in [4.78, 5) is 0. The second-order valence-corrected chi connectivity index (χ2v) is 7.30. The first-order chi connectivity index (χ1) is 10.8. The molecule has 1 heterocycles. The highest BCUT2D eigenvalue weighted by molar-refractivity contribution is 5.33. The lowest BCUT2D eigenvalue weighted by atomic mass is 9.72. The van der Waals surface area contributed by atoms with E-state index in [1.165, 1.54) is 44.1 Å². The zero-order valence-electron chi connectivity index (χ0n) is 13.6. The number of allylic oxidation sites excluding steroid dienone is 4. The molecule has 1 N–H and O–H groups in total. The zero-order valence-corrected chi connectivity index (χ0v) is 13.6. The molecule has 0 aromatic heterocycles. The van der Waals surface area contributed by atoms with Crippen LogP contribution in [-0.2, 0) is 0 Å². The summed E-state index contributed by atoms with van der Waals surface area (Å²) in [5, 5.41) is 3.39. The van der Waals surface area contributed by atoms with Gasteiger partial charge in [-0.1, -0.05) is 47.6 Å². The van der Waals surface area contributed by atoms with Crippen molar-refractivity contribution < 1.29 is 0 Å². The molecule has 0 bridgehead atoms. The lowest BCUT2D eigenvalue weighted by Gasteiger charge is -2.33. The van der Waals surface area contributed by atoms with Crippen molar-refractivity contribution in [1.29, 1.82) is 0 Å². The van der Waals surface area contributed by atoms with Gasteiger partial charge in [0.05, 0.1) is 0 Å². The largest absolute Gasteiger partial charge is 0.307 e. The third kappa shape index (κ3) is 2.92. The molecular formula is C21H27N. The molecule has 1 aliphatic heterocycles. The van der Waals surface area contributed by atoms with E-state index in [1.807, 2.05) is 0 Å². The Morgan fingerprint density at radius 1 is 0.955 bits per heavy atom. The van der Waals surface area contributed by atoms with Crippen molar-refractivity contribution in [3.05, 3.63) is 58.7 Å². The summed E-state index contributed by atoms with van der Waals surface area (Å²) in [7, 11) is 0. The first-order valence-corrected chi connectivity index (χ1v) is 8.99. The summed E-state index contributed by atoms with van der Waals surface area (Å²) in [6.07, 6.45) is 12.7. The van der Waals surface area contributed by atoms with Crippen LogP contribution in [0.15, 0.2) is 47.6 Å². The summed E-state index contributed by atoms with van der Waals surface area (Å²) in [6, 6.07) is 10.1. The van der Waals surface area contributed by atoms with Crippen LogP contribution in [0.4, 0.5) is 0 Å². The Hall–Kier alpha value is -1.34. The van der Waals surface area contributed by atoms with Crippen molar-refractivity contribution in [2.75, 3.05) is 6.54 Å². The van der Waals surface area contributed by atoms with Gasteiger partial charge in [-0.05, 0) is 68.4 Å². The zero-order chi connectivity index (χ0) is 14.9. The standard InChI is InChI=1S/C21H27N/c1-2-3-15-4-5-20-13-19(11-10-18(20)12-15)16-6-8-17(9-7-16)21-14-22-21/h2-3,6-9,15,19,21-22H,4-5,10-14H2,1H3/b3-2+/t15?,19?,21-/m0/s1. The van der Waals surface area contributed by atoms with Crippen molar-refractivity contribution in [2.45, 2.75) is 57.4 Å². The molecular weight excluding hydrogens is 266 g/mol. The third-order valence-corrected chi connectivity index (χ3v) is 5.80. The van der Waals surface area contributed by atoms with Crippen LogP contribution in [0.3, 0.4) is 0 Å². The van der Waals surface area contributed by atoms with Gasteiger partial charge in [0.2, 0.25) is 0 Å². The van der Waals surface area contributed by atoms with Gasteiger partial charge in [0.25, 0.3) is 0 Å². The fourth-order valence-corrected chi connectivity index (χ4v) is 4.39. The van der Waals surface area contributed by atoms with Crippen LogP contribution >= 0.6 is 0 Å². The average molecular weight is 293 g/mol. The molecule has 4 rings (SSSR count). The fourth-order valence-electron chi connectivity index (χ4n) is 4.39. The van der Waals surface area contributed by atoms with Gasteiger partial charge in [-0.25, -0.2) is 0 Å². The van der Waals surface area contributed by atoms with Crippen LogP contribution in [0, 0.1) is 5.92 Å². The number of hydrogen-bond donors (Lipinski definition) is 1. The second-order valence-electron chi connectivity index (χ2n) is 7.30. The molecule has 3 aliphatic rings. The molecule has 22 heavy (non-hydrogen) atoms. The van der Waals surface area contributed by atoms with Crippen LogP contribution in [-0.4, -0.2) is 6.54 Å². The molecule has 1 fully saturated rings. The van der Waals surface area contributed by atoms with E-state index < -0.39 is 0 Å². The molecule has 1 aromatic carbocycles. The summed E-state index contributed by atoms with van der Waals surface area (Å²) in [6.45, 7) is 3.31. The van der Waals surface area contributed by atoms with Gasteiger partial charge in [0.1, 0.15) is 0 Å². The Morgan fingerprint density at radius 3 is 2.36 bits per heavy atom. The predicted molar refractivity (Wildman–Crippen MR) is 93.0 cm³/mol. The smallest absolute Gasteiger partial charge is 0.0447 e. The van der Waals surface area contributed by atoms with E-state index in [1.54, 1.807) is 16.7 Å². The van der Waals surface area contributed by atoms with Crippen LogP contribution < -0.4 is 5.32 Å². The van der Waals surface area contributed by atoms with Crippen molar-refractivity contribution in [1.82, 2.24) is 5.32 Å². The van der Waals surface area contributed by atoms with Gasteiger partial charge in [-0.2, -0.15) is 0 Å². The maximum Gasteiger partial charge on any atom is 0.0447 e. The number of rotatable bonds is 3. The topological polar surface area (TPSA) is 21.9 Å². The van der Waals surface area contributed by atoms with Gasteiger partial charge in [-0.3, -0.25) is 0 Å². The van der Waals surface area contributed by atoms with E-state index in [2.05, 4.69) is 48.7 Å². The quantitative estimate of drug-likeness (QED) is 0.595. The first kappa shape index (κ1) is 14.3.